The molecule has 1 heterocycles. The van der Waals surface area contributed by atoms with Gasteiger partial charge in [0.05, 0.1) is 0 Å². The van der Waals surface area contributed by atoms with Crippen molar-refractivity contribution in [3.05, 3.63) is 0 Å². The lowest BCUT2D eigenvalue weighted by atomic mass is 9.93. The van der Waals surface area contributed by atoms with Gasteiger partial charge < -0.3 is 16.0 Å². The molecular weight excluding hydrogens is 242 g/mol. The van der Waals surface area contributed by atoms with Gasteiger partial charge in [-0.3, -0.25) is 9.59 Å². The monoisotopic (exact) mass is 269 g/mol. The predicted molar refractivity (Wildman–Crippen MR) is 75.4 cm³/mol. The van der Waals surface area contributed by atoms with Gasteiger partial charge in [-0.2, -0.15) is 0 Å². The Morgan fingerprint density at radius 1 is 1.32 bits per heavy atom. The lowest BCUT2D eigenvalue weighted by molar-refractivity contribution is -0.140. The molecule has 1 unspecified atom stereocenters. The van der Waals surface area contributed by atoms with Crippen LogP contribution in [0.5, 0.6) is 0 Å². The Morgan fingerprint density at radius 2 is 1.84 bits per heavy atom. The van der Waals surface area contributed by atoms with E-state index in [1.807, 2.05) is 32.6 Å². The van der Waals surface area contributed by atoms with Gasteiger partial charge in [-0.1, -0.05) is 27.7 Å². The summed E-state index contributed by atoms with van der Waals surface area (Å²) in [5.41, 5.74) is 5.14. The van der Waals surface area contributed by atoms with Crippen LogP contribution in [0.1, 0.15) is 40.5 Å². The van der Waals surface area contributed by atoms with E-state index in [1.165, 1.54) is 0 Å². The van der Waals surface area contributed by atoms with Crippen LogP contribution in [-0.2, 0) is 9.59 Å². The SMILES string of the molecule is CC(CN)C(=O)NC1CCN(C(=O)C(C)(C)C)CC1. The standard InChI is InChI=1S/C14H27N3O2/c1-10(9-15)12(18)16-11-5-7-17(8-6-11)13(19)14(2,3)4/h10-11H,5-9,15H2,1-4H3,(H,16,18). The number of nitrogens with one attached hydrogen (secondary N) is 1. The summed E-state index contributed by atoms with van der Waals surface area (Å²) in [7, 11) is 0. The van der Waals surface area contributed by atoms with Crippen LogP contribution in [0.4, 0.5) is 0 Å². The molecule has 5 heteroatoms. The summed E-state index contributed by atoms with van der Waals surface area (Å²) in [6.07, 6.45) is 1.65. The van der Waals surface area contributed by atoms with Crippen LogP contribution in [0, 0.1) is 11.3 Å². The predicted octanol–water partition coefficient (Wildman–Crippen LogP) is 0.735. The van der Waals surface area contributed by atoms with Crippen molar-refractivity contribution < 1.29 is 9.59 Å². The zero-order valence-corrected chi connectivity index (χ0v) is 12.5. The minimum Gasteiger partial charge on any atom is -0.353 e. The first kappa shape index (κ1) is 16.0. The summed E-state index contributed by atoms with van der Waals surface area (Å²) in [4.78, 5) is 25.8. The van der Waals surface area contributed by atoms with Gasteiger partial charge in [0.1, 0.15) is 0 Å². The minimum atomic E-state index is -0.329. The number of amides is 2. The van der Waals surface area contributed by atoms with Crippen molar-refractivity contribution in [2.45, 2.75) is 46.6 Å². The molecule has 0 bridgehead atoms. The molecule has 19 heavy (non-hydrogen) atoms. The quantitative estimate of drug-likeness (QED) is 0.793. The molecule has 110 valence electrons. The van der Waals surface area contributed by atoms with Crippen LogP contribution in [0.2, 0.25) is 0 Å². The summed E-state index contributed by atoms with van der Waals surface area (Å²) < 4.78 is 0. The number of nitrogens with two attached hydrogens (primary N) is 1. The highest BCUT2D eigenvalue weighted by molar-refractivity contribution is 5.81. The molecule has 0 aromatic carbocycles. The van der Waals surface area contributed by atoms with E-state index in [-0.39, 0.29) is 29.2 Å². The largest absolute Gasteiger partial charge is 0.353 e. The summed E-state index contributed by atoms with van der Waals surface area (Å²) in [6.45, 7) is 9.45. The first-order chi connectivity index (χ1) is 8.75. The third-order valence-corrected chi connectivity index (χ3v) is 3.57. The molecule has 1 atom stereocenters. The highest BCUT2D eigenvalue weighted by Gasteiger charge is 2.30. The number of hydrogen-bond acceptors (Lipinski definition) is 3. The molecule has 0 aromatic rings. The first-order valence-electron chi connectivity index (χ1n) is 7.05. The van der Waals surface area contributed by atoms with Crippen molar-refractivity contribution in [1.82, 2.24) is 10.2 Å². The van der Waals surface area contributed by atoms with Gasteiger partial charge in [-0.25, -0.2) is 0 Å². The Hall–Kier alpha value is -1.10. The second-order valence-corrected chi connectivity index (χ2v) is 6.46. The van der Waals surface area contributed by atoms with Crippen molar-refractivity contribution in [1.29, 1.82) is 0 Å². The number of piperidine rings is 1. The minimum absolute atomic E-state index is 0.0168. The van der Waals surface area contributed by atoms with Crippen molar-refractivity contribution in [2.75, 3.05) is 19.6 Å². The fraction of sp³-hybridized carbons (Fsp3) is 0.857. The summed E-state index contributed by atoms with van der Waals surface area (Å²) in [5.74, 6) is 0.0601. The third-order valence-electron chi connectivity index (χ3n) is 3.57. The second kappa shape index (κ2) is 6.37. The molecule has 0 aromatic heterocycles. The molecule has 0 aliphatic carbocycles. The fourth-order valence-corrected chi connectivity index (χ4v) is 2.15. The van der Waals surface area contributed by atoms with Gasteiger partial charge in [0.25, 0.3) is 0 Å². The normalized spacial score (nSPS) is 19.1. The average molecular weight is 269 g/mol. The second-order valence-electron chi connectivity index (χ2n) is 6.46. The van der Waals surface area contributed by atoms with E-state index in [0.29, 0.717) is 6.54 Å². The Labute approximate surface area is 115 Å². The van der Waals surface area contributed by atoms with Crippen molar-refractivity contribution in [3.63, 3.8) is 0 Å². The number of rotatable bonds is 3. The molecule has 1 fully saturated rings. The molecule has 1 aliphatic rings. The number of carbonyl (C=O) groups is 2. The van der Waals surface area contributed by atoms with Gasteiger partial charge in [0.15, 0.2) is 0 Å². The van der Waals surface area contributed by atoms with Crippen molar-refractivity contribution >= 4 is 11.8 Å². The Morgan fingerprint density at radius 3 is 2.26 bits per heavy atom. The molecule has 2 amide bonds. The molecule has 0 spiro atoms. The highest BCUT2D eigenvalue weighted by Crippen LogP contribution is 2.21. The van der Waals surface area contributed by atoms with Gasteiger partial charge in [0, 0.05) is 37.0 Å². The Kier molecular flexibility index (Phi) is 5.35. The summed E-state index contributed by atoms with van der Waals surface area (Å²) in [5, 5.41) is 3.01. The van der Waals surface area contributed by atoms with Crippen molar-refractivity contribution in [2.24, 2.45) is 17.1 Å². The van der Waals surface area contributed by atoms with Crippen LogP contribution in [0.3, 0.4) is 0 Å². The van der Waals surface area contributed by atoms with E-state index < -0.39 is 0 Å². The summed E-state index contributed by atoms with van der Waals surface area (Å²) in [6, 6.07) is 0.172. The third kappa shape index (κ3) is 4.49. The average Bonchev–Trinajstić information content (AvgIpc) is 2.36. The zero-order valence-electron chi connectivity index (χ0n) is 12.5. The van der Waals surface area contributed by atoms with Crippen LogP contribution in [0.15, 0.2) is 0 Å². The maximum atomic E-state index is 12.1. The lowest BCUT2D eigenvalue weighted by Crippen LogP contribution is -2.50. The maximum absolute atomic E-state index is 12.1. The van der Waals surface area contributed by atoms with Gasteiger partial charge >= 0.3 is 0 Å². The van der Waals surface area contributed by atoms with E-state index in [1.54, 1.807) is 0 Å². The number of carbonyl (C=O) groups excluding carboxylic acids is 2. The number of likely N-dealkylation sites (tertiary alicyclic amines) is 1. The van der Waals surface area contributed by atoms with E-state index >= 15 is 0 Å². The van der Waals surface area contributed by atoms with Crippen LogP contribution >= 0.6 is 0 Å². The lowest BCUT2D eigenvalue weighted by Gasteiger charge is -2.36. The molecule has 1 saturated heterocycles. The first-order valence-corrected chi connectivity index (χ1v) is 7.05. The van der Waals surface area contributed by atoms with E-state index in [2.05, 4.69) is 5.32 Å². The summed E-state index contributed by atoms with van der Waals surface area (Å²) >= 11 is 0. The van der Waals surface area contributed by atoms with Crippen LogP contribution in [-0.4, -0.2) is 42.4 Å². The highest BCUT2D eigenvalue weighted by atomic mass is 16.2. The fourth-order valence-electron chi connectivity index (χ4n) is 2.15. The Balaban J connectivity index is 2.41. The molecule has 5 nitrogen and oxygen atoms in total. The van der Waals surface area contributed by atoms with E-state index in [0.717, 1.165) is 25.9 Å². The zero-order chi connectivity index (χ0) is 14.6. The van der Waals surface area contributed by atoms with Crippen molar-refractivity contribution in [3.8, 4) is 0 Å². The number of nitrogens with zero attached hydrogens (tertiary/aromatic N) is 1. The van der Waals surface area contributed by atoms with Crippen LogP contribution in [0.25, 0.3) is 0 Å². The topological polar surface area (TPSA) is 75.4 Å². The van der Waals surface area contributed by atoms with Gasteiger partial charge in [0.2, 0.25) is 11.8 Å². The van der Waals surface area contributed by atoms with Crippen LogP contribution < -0.4 is 11.1 Å². The smallest absolute Gasteiger partial charge is 0.227 e. The molecule has 3 N–H and O–H groups in total. The van der Waals surface area contributed by atoms with E-state index in [4.69, 9.17) is 5.73 Å². The van der Waals surface area contributed by atoms with Gasteiger partial charge in [-0.15, -0.1) is 0 Å². The Bertz CT molecular complexity index is 328. The molecular formula is C14H27N3O2. The molecule has 1 aliphatic heterocycles. The molecule has 0 radical (unpaired) electrons. The molecule has 0 saturated carbocycles. The number of hydrogen-bond donors (Lipinski definition) is 2. The van der Waals surface area contributed by atoms with E-state index in [9.17, 15) is 9.59 Å². The van der Waals surface area contributed by atoms with Gasteiger partial charge in [-0.05, 0) is 12.8 Å². The molecule has 1 rings (SSSR count). The maximum Gasteiger partial charge on any atom is 0.227 e.